The third-order valence-corrected chi connectivity index (χ3v) is 2.63. The molecule has 4 heteroatoms. The van der Waals surface area contributed by atoms with Gasteiger partial charge in [-0.2, -0.15) is 0 Å². The van der Waals surface area contributed by atoms with E-state index in [9.17, 15) is 4.79 Å². The molecule has 0 saturated carbocycles. The van der Waals surface area contributed by atoms with E-state index in [4.69, 9.17) is 4.74 Å². The summed E-state index contributed by atoms with van der Waals surface area (Å²) in [7, 11) is 2.13. The number of carbonyl (C=O) groups is 1. The summed E-state index contributed by atoms with van der Waals surface area (Å²) in [6, 6.07) is 0.587. The van der Waals surface area contributed by atoms with Crippen LogP contribution in [-0.4, -0.2) is 50.2 Å². The average Bonchev–Trinajstić information content (AvgIpc) is 2.52. The molecule has 0 spiro atoms. The van der Waals surface area contributed by atoms with E-state index in [1.165, 1.54) is 19.4 Å². The molecule has 1 N–H and O–H groups in total. The molecule has 1 atom stereocenters. The van der Waals surface area contributed by atoms with Gasteiger partial charge in [-0.15, -0.1) is 0 Å². The lowest BCUT2D eigenvalue weighted by atomic mass is 10.2. The Labute approximate surface area is 85.6 Å². The molecule has 0 aliphatic carbocycles. The Kier molecular flexibility index (Phi) is 4.90. The Morgan fingerprint density at radius 1 is 1.64 bits per heavy atom. The first-order chi connectivity index (χ1) is 6.74. The first kappa shape index (κ1) is 11.5. The average molecular weight is 200 g/mol. The Hall–Kier alpha value is -0.610. The summed E-state index contributed by atoms with van der Waals surface area (Å²) in [5.41, 5.74) is 0. The molecule has 0 radical (unpaired) electrons. The monoisotopic (exact) mass is 200 g/mol. The zero-order chi connectivity index (χ0) is 10.4. The quantitative estimate of drug-likeness (QED) is 0.645. The number of carbonyl (C=O) groups excluding carboxylic acids is 1. The molecule has 0 aromatic heterocycles. The van der Waals surface area contributed by atoms with Crippen LogP contribution in [-0.2, 0) is 9.53 Å². The van der Waals surface area contributed by atoms with Gasteiger partial charge in [0.2, 0.25) is 0 Å². The second-order valence-electron chi connectivity index (χ2n) is 3.71. The number of hydrogen-bond acceptors (Lipinski definition) is 4. The predicted molar refractivity (Wildman–Crippen MR) is 55.2 cm³/mol. The van der Waals surface area contributed by atoms with Crippen molar-refractivity contribution >= 4 is 5.97 Å². The number of ether oxygens (including phenoxy) is 1. The van der Waals surface area contributed by atoms with Crippen LogP contribution in [0.3, 0.4) is 0 Å². The van der Waals surface area contributed by atoms with E-state index in [2.05, 4.69) is 17.3 Å². The van der Waals surface area contributed by atoms with Crippen molar-refractivity contribution in [2.24, 2.45) is 0 Å². The molecular formula is C10H20N2O2. The van der Waals surface area contributed by atoms with Crippen molar-refractivity contribution in [2.45, 2.75) is 25.8 Å². The van der Waals surface area contributed by atoms with Gasteiger partial charge in [0.05, 0.1) is 13.2 Å². The lowest BCUT2D eigenvalue weighted by Crippen LogP contribution is -2.37. The molecule has 0 bridgehead atoms. The predicted octanol–water partition coefficient (Wildman–Crippen LogP) is 0.233. The van der Waals surface area contributed by atoms with Crippen LogP contribution < -0.4 is 5.32 Å². The molecule has 1 heterocycles. The standard InChI is InChI=1S/C10H20N2O2/c1-3-14-10(13)8-11-7-9-5-4-6-12(9)2/h9,11H,3-8H2,1-2H3. The zero-order valence-electron chi connectivity index (χ0n) is 9.08. The molecular weight excluding hydrogens is 180 g/mol. The third kappa shape index (κ3) is 3.64. The van der Waals surface area contributed by atoms with Crippen LogP contribution in [0.25, 0.3) is 0 Å². The molecule has 1 fully saturated rings. The SMILES string of the molecule is CCOC(=O)CNCC1CCCN1C. The van der Waals surface area contributed by atoms with Gasteiger partial charge in [-0.05, 0) is 33.4 Å². The maximum Gasteiger partial charge on any atom is 0.319 e. The Balaban J connectivity index is 2.06. The van der Waals surface area contributed by atoms with Crippen LogP contribution >= 0.6 is 0 Å². The summed E-state index contributed by atoms with van der Waals surface area (Å²) in [6.45, 7) is 4.67. The first-order valence-corrected chi connectivity index (χ1v) is 5.30. The molecule has 1 aliphatic heterocycles. The Bertz CT molecular complexity index is 185. The fraction of sp³-hybridized carbons (Fsp3) is 0.900. The summed E-state index contributed by atoms with van der Waals surface area (Å²) < 4.78 is 4.82. The number of likely N-dealkylation sites (N-methyl/N-ethyl adjacent to an activating group) is 1. The van der Waals surface area contributed by atoms with Crippen molar-refractivity contribution in [1.82, 2.24) is 10.2 Å². The highest BCUT2D eigenvalue weighted by Gasteiger charge is 2.20. The second kappa shape index (κ2) is 5.98. The van der Waals surface area contributed by atoms with Crippen molar-refractivity contribution in [3.05, 3.63) is 0 Å². The molecule has 0 aromatic carbocycles. The van der Waals surface area contributed by atoms with Gasteiger partial charge >= 0.3 is 5.97 Å². The highest BCUT2D eigenvalue weighted by atomic mass is 16.5. The van der Waals surface area contributed by atoms with Crippen molar-refractivity contribution in [1.29, 1.82) is 0 Å². The van der Waals surface area contributed by atoms with Crippen LogP contribution in [0, 0.1) is 0 Å². The van der Waals surface area contributed by atoms with E-state index in [0.717, 1.165) is 6.54 Å². The number of nitrogens with zero attached hydrogens (tertiary/aromatic N) is 1. The van der Waals surface area contributed by atoms with Crippen LogP contribution in [0.4, 0.5) is 0 Å². The van der Waals surface area contributed by atoms with Gasteiger partial charge in [0.1, 0.15) is 0 Å². The molecule has 0 amide bonds. The van der Waals surface area contributed by atoms with Crippen LogP contribution in [0.5, 0.6) is 0 Å². The maximum atomic E-state index is 11.0. The van der Waals surface area contributed by atoms with Crippen LogP contribution in [0.15, 0.2) is 0 Å². The van der Waals surface area contributed by atoms with Crippen LogP contribution in [0.1, 0.15) is 19.8 Å². The van der Waals surface area contributed by atoms with E-state index in [1.54, 1.807) is 0 Å². The van der Waals surface area contributed by atoms with E-state index in [0.29, 0.717) is 19.2 Å². The molecule has 1 aliphatic rings. The van der Waals surface area contributed by atoms with E-state index < -0.39 is 0 Å². The number of rotatable bonds is 5. The minimum Gasteiger partial charge on any atom is -0.465 e. The van der Waals surface area contributed by atoms with Crippen molar-refractivity contribution in [3.8, 4) is 0 Å². The fourth-order valence-corrected chi connectivity index (χ4v) is 1.79. The van der Waals surface area contributed by atoms with Gasteiger partial charge in [-0.1, -0.05) is 0 Å². The van der Waals surface area contributed by atoms with Gasteiger partial charge in [0, 0.05) is 12.6 Å². The summed E-state index contributed by atoms with van der Waals surface area (Å²) in [5, 5.41) is 3.13. The maximum absolute atomic E-state index is 11.0. The van der Waals surface area contributed by atoms with E-state index >= 15 is 0 Å². The summed E-state index contributed by atoms with van der Waals surface area (Å²) in [4.78, 5) is 13.3. The topological polar surface area (TPSA) is 41.6 Å². The minimum absolute atomic E-state index is 0.159. The molecule has 1 unspecified atom stereocenters. The normalized spacial score (nSPS) is 22.6. The highest BCUT2D eigenvalue weighted by molar-refractivity contribution is 5.71. The molecule has 1 saturated heterocycles. The largest absolute Gasteiger partial charge is 0.465 e. The second-order valence-corrected chi connectivity index (χ2v) is 3.71. The van der Waals surface area contributed by atoms with Gasteiger partial charge in [0.15, 0.2) is 0 Å². The summed E-state index contributed by atoms with van der Waals surface area (Å²) in [6.07, 6.45) is 2.49. The summed E-state index contributed by atoms with van der Waals surface area (Å²) in [5.74, 6) is -0.159. The highest BCUT2D eigenvalue weighted by Crippen LogP contribution is 2.13. The van der Waals surface area contributed by atoms with Gasteiger partial charge in [0.25, 0.3) is 0 Å². The molecule has 82 valence electrons. The molecule has 1 rings (SSSR count). The number of nitrogens with one attached hydrogen (secondary N) is 1. The van der Waals surface area contributed by atoms with Gasteiger partial charge in [-0.25, -0.2) is 0 Å². The third-order valence-electron chi connectivity index (χ3n) is 2.63. The molecule has 0 aromatic rings. The van der Waals surface area contributed by atoms with Crippen molar-refractivity contribution in [3.63, 3.8) is 0 Å². The van der Waals surface area contributed by atoms with Crippen molar-refractivity contribution in [2.75, 3.05) is 33.3 Å². The lowest BCUT2D eigenvalue weighted by molar-refractivity contribution is -0.142. The van der Waals surface area contributed by atoms with Crippen LogP contribution in [0.2, 0.25) is 0 Å². The first-order valence-electron chi connectivity index (χ1n) is 5.30. The van der Waals surface area contributed by atoms with E-state index in [-0.39, 0.29) is 5.97 Å². The van der Waals surface area contributed by atoms with Gasteiger partial charge in [-0.3, -0.25) is 4.79 Å². The lowest BCUT2D eigenvalue weighted by Gasteiger charge is -2.19. The minimum atomic E-state index is -0.159. The zero-order valence-corrected chi connectivity index (χ0v) is 9.08. The Morgan fingerprint density at radius 2 is 2.43 bits per heavy atom. The number of likely N-dealkylation sites (tertiary alicyclic amines) is 1. The number of esters is 1. The smallest absolute Gasteiger partial charge is 0.319 e. The van der Waals surface area contributed by atoms with Gasteiger partial charge < -0.3 is 15.0 Å². The number of hydrogen-bond donors (Lipinski definition) is 1. The fourth-order valence-electron chi connectivity index (χ4n) is 1.79. The Morgan fingerprint density at radius 3 is 3.00 bits per heavy atom. The molecule has 14 heavy (non-hydrogen) atoms. The van der Waals surface area contributed by atoms with E-state index in [1.807, 2.05) is 6.92 Å². The van der Waals surface area contributed by atoms with Crippen molar-refractivity contribution < 1.29 is 9.53 Å². The molecule has 4 nitrogen and oxygen atoms in total. The summed E-state index contributed by atoms with van der Waals surface area (Å²) >= 11 is 0.